The summed E-state index contributed by atoms with van der Waals surface area (Å²) in [6.07, 6.45) is 10.0. The highest BCUT2D eigenvalue weighted by atomic mass is 32.1. The van der Waals surface area contributed by atoms with Gasteiger partial charge in [0.2, 0.25) is 0 Å². The van der Waals surface area contributed by atoms with Gasteiger partial charge in [-0.1, -0.05) is 103 Å². The third-order valence-corrected chi connectivity index (χ3v) is 14.7. The van der Waals surface area contributed by atoms with Crippen LogP contribution in [0.5, 0.6) is 0 Å². The lowest BCUT2D eigenvalue weighted by atomic mass is 9.50. The van der Waals surface area contributed by atoms with Crippen molar-refractivity contribution < 1.29 is 0 Å². The van der Waals surface area contributed by atoms with Gasteiger partial charge in [-0.05, 0) is 157 Å². The lowest BCUT2D eigenvalue weighted by Crippen LogP contribution is -2.46. The molecule has 3 aliphatic rings. The number of fused-ring (bicyclic) bond motifs is 5. The van der Waals surface area contributed by atoms with Crippen LogP contribution in [0.25, 0.3) is 31.3 Å². The van der Waals surface area contributed by atoms with E-state index in [0.717, 1.165) is 34.8 Å². The molecule has 0 amide bonds. The average Bonchev–Trinajstić information content (AvgIpc) is 3.63. The van der Waals surface area contributed by atoms with E-state index >= 15 is 0 Å². The minimum absolute atomic E-state index is 0.392. The van der Waals surface area contributed by atoms with E-state index in [2.05, 4.69) is 186 Å². The lowest BCUT2D eigenvalue weighted by molar-refractivity contribution is 0.00964. The number of thiophene rings is 1. The molecule has 3 bridgehead atoms. The summed E-state index contributed by atoms with van der Waals surface area (Å²) in [5.74, 6) is 2.88. The molecule has 274 valence electrons. The molecule has 0 radical (unpaired) electrons. The number of hydrogen-bond acceptors (Lipinski definition) is 3. The number of rotatable bonds is 8. The molecule has 4 atom stereocenters. The molecule has 3 heteroatoms. The fraction of sp³-hybridized carbons (Fsp3) is 0.208. The van der Waals surface area contributed by atoms with Crippen molar-refractivity contribution in [2.45, 2.75) is 50.4 Å². The highest BCUT2D eigenvalue weighted by Gasteiger charge is 2.49. The summed E-state index contributed by atoms with van der Waals surface area (Å²) < 4.78 is 2.63. The van der Waals surface area contributed by atoms with E-state index < -0.39 is 0 Å². The van der Waals surface area contributed by atoms with Crippen LogP contribution in [0.2, 0.25) is 0 Å². The molecule has 7 aromatic carbocycles. The quantitative estimate of drug-likeness (QED) is 0.153. The molecule has 0 saturated heterocycles. The molecule has 3 saturated carbocycles. The van der Waals surface area contributed by atoms with E-state index in [4.69, 9.17) is 0 Å². The fourth-order valence-corrected chi connectivity index (χ4v) is 12.0. The normalized spacial score (nSPS) is 21.3. The third kappa shape index (κ3) is 5.92. The van der Waals surface area contributed by atoms with Crippen LogP contribution in [0.4, 0.5) is 34.1 Å². The first kappa shape index (κ1) is 33.7. The van der Waals surface area contributed by atoms with Crippen LogP contribution in [0.15, 0.2) is 176 Å². The summed E-state index contributed by atoms with van der Waals surface area (Å²) in [7, 11) is 0. The molecular weight excluding hydrogens is 697 g/mol. The largest absolute Gasteiger partial charge is 0.311 e. The van der Waals surface area contributed by atoms with Crippen molar-refractivity contribution in [3.8, 4) is 11.1 Å². The molecule has 3 fully saturated rings. The Hall–Kier alpha value is -5.64. The van der Waals surface area contributed by atoms with Gasteiger partial charge < -0.3 is 9.80 Å². The second-order valence-corrected chi connectivity index (χ2v) is 17.8. The van der Waals surface area contributed by atoms with E-state index in [1.807, 2.05) is 11.3 Å². The Morgan fingerprint density at radius 2 is 0.964 bits per heavy atom. The summed E-state index contributed by atoms with van der Waals surface area (Å²) in [6, 6.07) is 65.0. The Kier molecular flexibility index (Phi) is 8.32. The predicted octanol–water partition coefficient (Wildman–Crippen LogP) is 15.5. The van der Waals surface area contributed by atoms with Gasteiger partial charge in [0.1, 0.15) is 0 Å². The van der Waals surface area contributed by atoms with Gasteiger partial charge in [0, 0.05) is 54.3 Å². The number of anilines is 6. The molecule has 0 N–H and O–H groups in total. The first-order valence-electron chi connectivity index (χ1n) is 20.6. The summed E-state index contributed by atoms with van der Waals surface area (Å²) in [4.78, 5) is 4.77. The molecular formula is C53H46N2S. The van der Waals surface area contributed by atoms with E-state index in [0.29, 0.717) is 5.41 Å². The maximum absolute atomic E-state index is 2.47. The SMILES string of the molecule is c1ccc(N(c2ccc(-c3ccc(N(c4ccccc4)c4ccc5c(c4)sc4ccccc45)cc3)cc2)c2ccc(C34CCC5CCC(CC5C3)C4)cc2)cc1. The van der Waals surface area contributed by atoms with Gasteiger partial charge in [0.15, 0.2) is 0 Å². The molecule has 1 heterocycles. The predicted molar refractivity (Wildman–Crippen MR) is 239 cm³/mol. The van der Waals surface area contributed by atoms with Gasteiger partial charge in [0.25, 0.3) is 0 Å². The zero-order chi connectivity index (χ0) is 37.1. The molecule has 1 aromatic heterocycles. The van der Waals surface area contributed by atoms with Gasteiger partial charge in [-0.3, -0.25) is 0 Å². The van der Waals surface area contributed by atoms with Crippen LogP contribution in [0, 0.1) is 17.8 Å². The van der Waals surface area contributed by atoms with Gasteiger partial charge in [-0.2, -0.15) is 0 Å². The number of para-hydroxylation sites is 2. The van der Waals surface area contributed by atoms with E-state index in [1.165, 1.54) is 93.3 Å². The Labute approximate surface area is 334 Å². The van der Waals surface area contributed by atoms with Crippen LogP contribution >= 0.6 is 11.3 Å². The molecule has 2 nitrogen and oxygen atoms in total. The molecule has 11 rings (SSSR count). The minimum atomic E-state index is 0.392. The van der Waals surface area contributed by atoms with Crippen LogP contribution in [0.1, 0.15) is 50.5 Å². The van der Waals surface area contributed by atoms with Gasteiger partial charge in [0.05, 0.1) is 0 Å². The summed E-state index contributed by atoms with van der Waals surface area (Å²) in [5, 5.41) is 2.64. The highest BCUT2D eigenvalue weighted by Crippen LogP contribution is 2.59. The zero-order valence-electron chi connectivity index (χ0n) is 31.7. The Bertz CT molecular complexity index is 2630. The maximum Gasteiger partial charge on any atom is 0.0476 e. The van der Waals surface area contributed by atoms with E-state index in [-0.39, 0.29) is 0 Å². The first-order chi connectivity index (χ1) is 27.7. The standard InChI is InChI=1S/C53H46N2S/c1-3-9-43(10-4-1)54(47-27-21-42(22-28-47)53-32-31-40-16-15-37(35-53)33-41(40)36-53)45-23-17-38(18-24-45)39-19-25-46(26-20-39)55(44-11-5-2-6-12-44)48-29-30-50-49-13-7-8-14-51(49)56-52(50)34-48/h1-14,17-30,34,37,40-41H,15-16,31-33,35-36H2. The van der Waals surface area contributed by atoms with Crippen molar-refractivity contribution in [1.82, 2.24) is 0 Å². The summed E-state index contributed by atoms with van der Waals surface area (Å²) >= 11 is 1.86. The van der Waals surface area contributed by atoms with Crippen molar-refractivity contribution in [2.24, 2.45) is 17.8 Å². The molecule has 56 heavy (non-hydrogen) atoms. The van der Waals surface area contributed by atoms with Crippen molar-refractivity contribution in [1.29, 1.82) is 0 Å². The van der Waals surface area contributed by atoms with E-state index in [9.17, 15) is 0 Å². The second kappa shape index (κ2) is 13.8. The number of hydrogen-bond donors (Lipinski definition) is 0. The Morgan fingerprint density at radius 1 is 0.429 bits per heavy atom. The molecule has 3 aliphatic carbocycles. The Balaban J connectivity index is 0.888. The smallest absolute Gasteiger partial charge is 0.0476 e. The molecule has 4 unspecified atom stereocenters. The highest BCUT2D eigenvalue weighted by molar-refractivity contribution is 7.25. The van der Waals surface area contributed by atoms with Crippen molar-refractivity contribution >= 4 is 65.6 Å². The number of benzene rings is 7. The van der Waals surface area contributed by atoms with Gasteiger partial charge in [-0.25, -0.2) is 0 Å². The maximum atomic E-state index is 2.47. The second-order valence-electron chi connectivity index (χ2n) is 16.7. The first-order valence-corrected chi connectivity index (χ1v) is 21.4. The van der Waals surface area contributed by atoms with Gasteiger partial charge in [-0.15, -0.1) is 11.3 Å². The number of nitrogens with zero attached hydrogens (tertiary/aromatic N) is 2. The van der Waals surface area contributed by atoms with Crippen molar-refractivity contribution in [3.05, 3.63) is 181 Å². The zero-order valence-corrected chi connectivity index (χ0v) is 32.5. The molecule has 0 aliphatic heterocycles. The van der Waals surface area contributed by atoms with Crippen molar-refractivity contribution in [2.75, 3.05) is 9.80 Å². The molecule has 0 spiro atoms. The fourth-order valence-electron chi connectivity index (χ4n) is 10.9. The van der Waals surface area contributed by atoms with Crippen LogP contribution in [-0.4, -0.2) is 0 Å². The molecule has 8 aromatic rings. The van der Waals surface area contributed by atoms with Crippen LogP contribution < -0.4 is 9.80 Å². The summed E-state index contributed by atoms with van der Waals surface area (Å²) in [5.41, 5.74) is 11.4. The average molecular weight is 743 g/mol. The third-order valence-electron chi connectivity index (χ3n) is 13.5. The Morgan fingerprint density at radius 3 is 1.62 bits per heavy atom. The monoisotopic (exact) mass is 742 g/mol. The lowest BCUT2D eigenvalue weighted by Gasteiger charge is -2.55. The minimum Gasteiger partial charge on any atom is -0.311 e. The van der Waals surface area contributed by atoms with E-state index in [1.54, 1.807) is 5.56 Å². The van der Waals surface area contributed by atoms with Gasteiger partial charge >= 0.3 is 0 Å². The van der Waals surface area contributed by atoms with Crippen LogP contribution in [-0.2, 0) is 5.41 Å². The van der Waals surface area contributed by atoms with Crippen molar-refractivity contribution in [3.63, 3.8) is 0 Å². The summed E-state index contributed by atoms with van der Waals surface area (Å²) in [6.45, 7) is 0. The van der Waals surface area contributed by atoms with Crippen LogP contribution in [0.3, 0.4) is 0 Å². The topological polar surface area (TPSA) is 6.48 Å².